The molecule has 4 aromatic rings. The van der Waals surface area contributed by atoms with Gasteiger partial charge < -0.3 is 10.3 Å². The third-order valence-corrected chi connectivity index (χ3v) is 4.11. The average molecular weight is 335 g/mol. The van der Waals surface area contributed by atoms with Crippen LogP contribution in [-0.4, -0.2) is 35.9 Å². The van der Waals surface area contributed by atoms with Crippen LogP contribution in [0.3, 0.4) is 0 Å². The summed E-state index contributed by atoms with van der Waals surface area (Å²) in [7, 11) is 0. The Bertz CT molecular complexity index is 1020. The zero-order valence-corrected chi connectivity index (χ0v) is 13.8. The number of para-hydroxylation sites is 2. The Morgan fingerprint density at radius 1 is 1.20 bits per heavy atom. The van der Waals surface area contributed by atoms with E-state index in [9.17, 15) is 4.79 Å². The van der Waals surface area contributed by atoms with Gasteiger partial charge in [0.2, 0.25) is 0 Å². The number of pyridine rings is 1. The molecule has 8 nitrogen and oxygen atoms in total. The van der Waals surface area contributed by atoms with E-state index in [0.29, 0.717) is 11.2 Å². The van der Waals surface area contributed by atoms with Crippen molar-refractivity contribution >= 4 is 22.6 Å². The van der Waals surface area contributed by atoms with Crippen LogP contribution in [-0.2, 0) is 0 Å². The summed E-state index contributed by atoms with van der Waals surface area (Å²) in [5, 5.41) is 14.3. The maximum absolute atomic E-state index is 12.7. The van der Waals surface area contributed by atoms with Gasteiger partial charge in [0.25, 0.3) is 5.91 Å². The Kier molecular flexibility index (Phi) is 3.64. The van der Waals surface area contributed by atoms with Gasteiger partial charge in [0.15, 0.2) is 5.65 Å². The van der Waals surface area contributed by atoms with Crippen molar-refractivity contribution in [3.8, 4) is 0 Å². The highest BCUT2D eigenvalue weighted by Gasteiger charge is 2.22. The molecule has 1 amide bonds. The number of aromatic nitrogens is 6. The first-order valence-corrected chi connectivity index (χ1v) is 8.05. The van der Waals surface area contributed by atoms with E-state index < -0.39 is 0 Å². The first-order chi connectivity index (χ1) is 12.1. The molecule has 0 aliphatic heterocycles. The zero-order chi connectivity index (χ0) is 17.4. The molecule has 0 saturated carbocycles. The molecule has 0 saturated heterocycles. The minimum Gasteiger partial charge on any atom is -0.342 e. The average Bonchev–Trinajstić information content (AvgIpc) is 3.24. The number of aromatic amines is 1. The number of H-pyrrole nitrogens is 1. The molecule has 1 aromatic carbocycles. The van der Waals surface area contributed by atoms with E-state index in [-0.39, 0.29) is 17.9 Å². The summed E-state index contributed by atoms with van der Waals surface area (Å²) in [6, 6.07) is 11.0. The van der Waals surface area contributed by atoms with Crippen LogP contribution in [0.25, 0.3) is 16.7 Å². The normalized spacial score (nSPS) is 12.8. The Labute approximate surface area is 143 Å². The number of carbonyl (C=O) groups excluding carboxylic acids is 1. The Morgan fingerprint density at radius 2 is 2.04 bits per heavy atom. The van der Waals surface area contributed by atoms with Crippen LogP contribution < -0.4 is 5.32 Å². The van der Waals surface area contributed by atoms with Crippen LogP contribution in [0, 0.1) is 5.92 Å². The van der Waals surface area contributed by atoms with E-state index >= 15 is 0 Å². The van der Waals surface area contributed by atoms with Crippen molar-refractivity contribution in [3.63, 3.8) is 0 Å². The molecule has 0 aliphatic rings. The summed E-state index contributed by atoms with van der Waals surface area (Å²) in [6.07, 6.45) is 1.61. The minimum atomic E-state index is -0.232. The highest BCUT2D eigenvalue weighted by Crippen LogP contribution is 2.22. The van der Waals surface area contributed by atoms with E-state index in [4.69, 9.17) is 0 Å². The summed E-state index contributed by atoms with van der Waals surface area (Å²) in [4.78, 5) is 20.6. The third kappa shape index (κ3) is 2.82. The summed E-state index contributed by atoms with van der Waals surface area (Å²) in [5.41, 5.74) is 2.91. The van der Waals surface area contributed by atoms with Crippen molar-refractivity contribution in [2.45, 2.75) is 19.9 Å². The lowest BCUT2D eigenvalue weighted by molar-refractivity contribution is 0.0923. The number of hydrogen-bond donors (Lipinski definition) is 2. The topological polar surface area (TPSA) is 101 Å². The Balaban J connectivity index is 1.63. The SMILES string of the molecule is CC(C)C(NC(=O)c1ccc2nnnn2c1)c1nc2ccccc2[nH]1. The molecule has 0 radical (unpaired) electrons. The van der Waals surface area contributed by atoms with Crippen LogP contribution >= 0.6 is 0 Å². The molecule has 0 spiro atoms. The van der Waals surface area contributed by atoms with Gasteiger partial charge in [-0.25, -0.2) is 4.98 Å². The third-order valence-electron chi connectivity index (χ3n) is 4.11. The molecular weight excluding hydrogens is 318 g/mol. The van der Waals surface area contributed by atoms with E-state index in [0.717, 1.165) is 16.9 Å². The molecule has 3 heterocycles. The monoisotopic (exact) mass is 335 g/mol. The van der Waals surface area contributed by atoms with Gasteiger partial charge in [0.05, 0.1) is 22.6 Å². The molecule has 0 fully saturated rings. The van der Waals surface area contributed by atoms with Crippen molar-refractivity contribution < 1.29 is 4.79 Å². The van der Waals surface area contributed by atoms with Crippen LogP contribution in [0.4, 0.5) is 0 Å². The summed E-state index contributed by atoms with van der Waals surface area (Å²) >= 11 is 0. The number of nitrogens with one attached hydrogen (secondary N) is 2. The van der Waals surface area contributed by atoms with Crippen molar-refractivity contribution in [1.29, 1.82) is 0 Å². The first kappa shape index (κ1) is 15.3. The van der Waals surface area contributed by atoms with Gasteiger partial charge in [-0.05, 0) is 40.6 Å². The van der Waals surface area contributed by atoms with Crippen molar-refractivity contribution in [3.05, 3.63) is 54.0 Å². The number of tetrazole rings is 1. The van der Waals surface area contributed by atoms with Gasteiger partial charge in [-0.2, -0.15) is 4.52 Å². The molecule has 0 bridgehead atoms. The second kappa shape index (κ2) is 5.97. The summed E-state index contributed by atoms with van der Waals surface area (Å²) in [6.45, 7) is 4.09. The molecule has 0 aliphatic carbocycles. The van der Waals surface area contributed by atoms with Crippen molar-refractivity contribution in [2.24, 2.45) is 5.92 Å². The second-order valence-corrected chi connectivity index (χ2v) is 6.23. The fourth-order valence-electron chi connectivity index (χ4n) is 2.77. The number of imidazole rings is 1. The van der Waals surface area contributed by atoms with Gasteiger partial charge >= 0.3 is 0 Å². The number of benzene rings is 1. The molecular formula is C17H17N7O. The molecule has 3 aromatic heterocycles. The highest BCUT2D eigenvalue weighted by atomic mass is 16.1. The number of nitrogens with zero attached hydrogens (tertiary/aromatic N) is 5. The molecule has 8 heteroatoms. The number of rotatable bonds is 4. The fourth-order valence-corrected chi connectivity index (χ4v) is 2.77. The quantitative estimate of drug-likeness (QED) is 0.595. The molecule has 25 heavy (non-hydrogen) atoms. The van der Waals surface area contributed by atoms with Crippen molar-refractivity contribution in [2.75, 3.05) is 0 Å². The Morgan fingerprint density at radius 3 is 2.84 bits per heavy atom. The molecule has 4 rings (SSSR count). The molecule has 2 N–H and O–H groups in total. The smallest absolute Gasteiger partial charge is 0.253 e. The minimum absolute atomic E-state index is 0.168. The number of amides is 1. The maximum atomic E-state index is 12.7. The van der Waals surface area contributed by atoms with Gasteiger partial charge in [-0.3, -0.25) is 4.79 Å². The van der Waals surface area contributed by atoms with E-state index in [2.05, 4.69) is 30.8 Å². The first-order valence-electron chi connectivity index (χ1n) is 8.05. The predicted octanol–water partition coefficient (Wildman–Crippen LogP) is 2.13. The summed E-state index contributed by atoms with van der Waals surface area (Å²) in [5.74, 6) is 0.714. The Hall–Kier alpha value is -3.29. The second-order valence-electron chi connectivity index (χ2n) is 6.23. The number of hydrogen-bond acceptors (Lipinski definition) is 5. The highest BCUT2D eigenvalue weighted by molar-refractivity contribution is 5.94. The van der Waals surface area contributed by atoms with Crippen LogP contribution in [0.15, 0.2) is 42.6 Å². The predicted molar refractivity (Wildman–Crippen MR) is 91.9 cm³/mol. The fraction of sp³-hybridized carbons (Fsp3) is 0.235. The van der Waals surface area contributed by atoms with E-state index in [1.54, 1.807) is 18.3 Å². The largest absolute Gasteiger partial charge is 0.342 e. The van der Waals surface area contributed by atoms with Crippen LogP contribution in [0.1, 0.15) is 36.1 Å². The molecule has 126 valence electrons. The van der Waals surface area contributed by atoms with Crippen LogP contribution in [0.5, 0.6) is 0 Å². The van der Waals surface area contributed by atoms with Gasteiger partial charge in [-0.1, -0.05) is 26.0 Å². The lowest BCUT2D eigenvalue weighted by Crippen LogP contribution is -2.32. The van der Waals surface area contributed by atoms with E-state index in [1.807, 2.05) is 38.1 Å². The lowest BCUT2D eigenvalue weighted by atomic mass is 10.0. The van der Waals surface area contributed by atoms with Crippen LogP contribution in [0.2, 0.25) is 0 Å². The van der Waals surface area contributed by atoms with E-state index in [1.165, 1.54) is 4.52 Å². The number of fused-ring (bicyclic) bond motifs is 2. The maximum Gasteiger partial charge on any atom is 0.253 e. The molecule has 1 unspecified atom stereocenters. The number of carbonyl (C=O) groups is 1. The van der Waals surface area contributed by atoms with Crippen molar-refractivity contribution in [1.82, 2.24) is 35.3 Å². The van der Waals surface area contributed by atoms with Gasteiger partial charge in [0, 0.05) is 6.20 Å². The lowest BCUT2D eigenvalue weighted by Gasteiger charge is -2.20. The van der Waals surface area contributed by atoms with Gasteiger partial charge in [-0.15, -0.1) is 5.10 Å². The standard InChI is InChI=1S/C17H17N7O/c1-10(2)15(16-18-12-5-3-4-6-13(12)19-16)20-17(25)11-7-8-14-21-22-23-24(14)9-11/h3-10,15H,1-2H3,(H,18,19)(H,20,25). The zero-order valence-electron chi connectivity index (χ0n) is 13.8. The summed E-state index contributed by atoms with van der Waals surface area (Å²) < 4.78 is 1.47. The van der Waals surface area contributed by atoms with Gasteiger partial charge in [0.1, 0.15) is 5.82 Å². The molecule has 1 atom stereocenters.